The monoisotopic (exact) mass is 734 g/mol. The summed E-state index contributed by atoms with van der Waals surface area (Å²) in [6.07, 6.45) is 23.5. The molecule has 0 atom stereocenters. The highest BCUT2D eigenvalue weighted by Crippen LogP contribution is 2.59. The lowest BCUT2D eigenvalue weighted by Crippen LogP contribution is -1.84. The minimum absolute atomic E-state index is 1.28. The minimum Gasteiger partial charge on any atom is -0.142 e. The van der Waals surface area contributed by atoms with Crippen molar-refractivity contribution in [3.05, 3.63) is 77.5 Å². The summed E-state index contributed by atoms with van der Waals surface area (Å²) >= 11 is 12.9. The van der Waals surface area contributed by atoms with Gasteiger partial charge < -0.3 is 0 Å². The smallest absolute Gasteiger partial charge is 0.0487 e. The van der Waals surface area contributed by atoms with Gasteiger partial charge in [-0.15, -0.1) is 68.0 Å². The number of rotatable bonds is 5. The summed E-state index contributed by atoms with van der Waals surface area (Å²) in [7, 11) is 0. The Morgan fingerprint density at radius 3 is 0.771 bits per heavy atom. The molecule has 0 amide bonds. The molecule has 6 aromatic rings. The first kappa shape index (κ1) is 28.8. The number of hydrogen-bond acceptors (Lipinski definition) is 6. The van der Waals surface area contributed by atoms with Gasteiger partial charge in [-0.05, 0) is 193 Å². The molecule has 0 spiro atoms. The number of aryl methyl sites for hydroxylation is 2. The predicted molar refractivity (Wildman–Crippen MR) is 213 cm³/mol. The highest BCUT2D eigenvalue weighted by molar-refractivity contribution is 7.31. The maximum Gasteiger partial charge on any atom is 0.0487 e. The quantitative estimate of drug-likeness (QED) is 0.165. The topological polar surface area (TPSA) is 0 Å². The third-order valence-electron chi connectivity index (χ3n) is 12.6. The summed E-state index contributed by atoms with van der Waals surface area (Å²) < 4.78 is 0. The van der Waals surface area contributed by atoms with Gasteiger partial charge in [0.15, 0.2) is 0 Å². The van der Waals surface area contributed by atoms with Gasteiger partial charge in [0, 0.05) is 48.8 Å². The van der Waals surface area contributed by atoms with Gasteiger partial charge in [0.05, 0.1) is 0 Å². The maximum atomic E-state index is 2.49. The molecule has 6 heterocycles. The van der Waals surface area contributed by atoms with Gasteiger partial charge in [-0.2, -0.15) is 0 Å². The fourth-order valence-corrected chi connectivity index (χ4v) is 19.3. The third-order valence-corrected chi connectivity index (χ3v) is 20.7. The predicted octanol–water partition coefficient (Wildman–Crippen LogP) is 13.3. The largest absolute Gasteiger partial charge is 0.142 e. The van der Waals surface area contributed by atoms with Crippen molar-refractivity contribution in [3.63, 3.8) is 0 Å². The fraction of sp³-hybridized carbons (Fsp3) is 0.429. The maximum absolute atomic E-state index is 2.49. The normalized spacial score (nSPS) is 18.6. The zero-order chi connectivity index (χ0) is 31.1. The van der Waals surface area contributed by atoms with E-state index in [2.05, 4.69) is 78.8 Å². The molecule has 0 aromatic carbocycles. The summed E-state index contributed by atoms with van der Waals surface area (Å²) in [6, 6.07) is 0. The van der Waals surface area contributed by atoms with E-state index in [0.29, 0.717) is 0 Å². The van der Waals surface area contributed by atoms with Crippen molar-refractivity contribution in [3.8, 4) is 48.8 Å². The Labute approximate surface area is 307 Å². The van der Waals surface area contributed by atoms with Crippen LogP contribution in [-0.4, -0.2) is 0 Å². The van der Waals surface area contributed by atoms with Crippen LogP contribution in [0.2, 0.25) is 0 Å². The van der Waals surface area contributed by atoms with E-state index in [1.54, 1.807) is 116 Å². The van der Waals surface area contributed by atoms with Crippen LogP contribution >= 0.6 is 68.0 Å². The van der Waals surface area contributed by atoms with E-state index in [1.165, 1.54) is 116 Å². The summed E-state index contributed by atoms with van der Waals surface area (Å²) in [4.78, 5) is 16.6. The molecule has 0 bridgehead atoms. The summed E-state index contributed by atoms with van der Waals surface area (Å²) in [5, 5.41) is 4.99. The Morgan fingerprint density at radius 2 is 0.479 bits per heavy atom. The van der Waals surface area contributed by atoms with Crippen LogP contribution in [0.4, 0.5) is 0 Å². The molecule has 0 aliphatic heterocycles. The van der Waals surface area contributed by atoms with Crippen molar-refractivity contribution in [2.75, 3.05) is 0 Å². The molecule has 6 aliphatic rings. The molecule has 0 saturated heterocycles. The van der Waals surface area contributed by atoms with Crippen LogP contribution in [0.1, 0.15) is 105 Å². The Bertz CT molecular complexity index is 2150. The highest BCUT2D eigenvalue weighted by atomic mass is 32.1. The van der Waals surface area contributed by atoms with E-state index in [-0.39, 0.29) is 0 Å². The van der Waals surface area contributed by atoms with Crippen molar-refractivity contribution >= 4 is 68.0 Å². The lowest BCUT2D eigenvalue weighted by molar-refractivity contribution is 0.908. The van der Waals surface area contributed by atoms with E-state index < -0.39 is 0 Å². The Kier molecular flexibility index (Phi) is 6.52. The van der Waals surface area contributed by atoms with Crippen molar-refractivity contribution in [2.45, 2.75) is 116 Å². The van der Waals surface area contributed by atoms with Crippen LogP contribution in [0.3, 0.4) is 0 Å². The Hall–Kier alpha value is -1.80. The molecule has 0 saturated carbocycles. The molecular formula is C42H38S6. The van der Waals surface area contributed by atoms with Crippen molar-refractivity contribution in [1.29, 1.82) is 0 Å². The van der Waals surface area contributed by atoms with Crippen LogP contribution in [0.5, 0.6) is 0 Å². The molecule has 0 radical (unpaired) electrons. The van der Waals surface area contributed by atoms with Gasteiger partial charge in [0.1, 0.15) is 0 Å². The van der Waals surface area contributed by atoms with Crippen molar-refractivity contribution in [2.24, 2.45) is 0 Å². The summed E-state index contributed by atoms with van der Waals surface area (Å²) in [5.74, 6) is 0. The molecule has 48 heavy (non-hydrogen) atoms. The molecule has 6 heteroatoms. The first-order chi connectivity index (χ1) is 23.8. The second-order valence-electron chi connectivity index (χ2n) is 15.1. The molecule has 0 fully saturated rings. The zero-order valence-corrected chi connectivity index (χ0v) is 32.2. The molecule has 242 valence electrons. The highest BCUT2D eigenvalue weighted by Gasteiger charge is 2.36. The van der Waals surface area contributed by atoms with Crippen LogP contribution in [0.25, 0.3) is 48.8 Å². The van der Waals surface area contributed by atoms with Gasteiger partial charge >= 0.3 is 0 Å². The average molecular weight is 735 g/mol. The van der Waals surface area contributed by atoms with Crippen LogP contribution in [0, 0.1) is 0 Å². The molecule has 12 rings (SSSR count). The van der Waals surface area contributed by atoms with Crippen LogP contribution < -0.4 is 0 Å². The van der Waals surface area contributed by atoms with Crippen LogP contribution in [0.15, 0.2) is 10.8 Å². The van der Waals surface area contributed by atoms with Gasteiger partial charge in [-0.3, -0.25) is 0 Å². The number of hydrogen-bond donors (Lipinski definition) is 0. The van der Waals surface area contributed by atoms with E-state index in [9.17, 15) is 0 Å². The minimum atomic E-state index is 1.28. The second-order valence-corrected chi connectivity index (χ2v) is 21.0. The molecule has 6 aliphatic carbocycles. The van der Waals surface area contributed by atoms with E-state index in [4.69, 9.17) is 0 Å². The average Bonchev–Trinajstić information content (AvgIpc) is 3.92. The van der Waals surface area contributed by atoms with Crippen molar-refractivity contribution < 1.29 is 0 Å². The van der Waals surface area contributed by atoms with Crippen molar-refractivity contribution in [1.82, 2.24) is 0 Å². The Balaban J connectivity index is 1.00. The zero-order valence-electron chi connectivity index (χ0n) is 27.3. The molecule has 0 N–H and O–H groups in total. The number of fused-ring (bicyclic) bond motifs is 6. The molecule has 0 unspecified atom stereocenters. The number of thiophene rings is 6. The van der Waals surface area contributed by atoms with Gasteiger partial charge in [0.25, 0.3) is 0 Å². The van der Waals surface area contributed by atoms with Crippen LogP contribution in [-0.2, 0) is 77.0 Å². The van der Waals surface area contributed by atoms with Gasteiger partial charge in [-0.25, -0.2) is 0 Å². The molecular weight excluding hydrogens is 697 g/mol. The molecule has 0 nitrogen and oxygen atoms in total. The van der Waals surface area contributed by atoms with E-state index >= 15 is 0 Å². The third kappa shape index (κ3) is 3.97. The first-order valence-electron chi connectivity index (χ1n) is 18.6. The molecule has 6 aromatic heterocycles. The SMILES string of the molecule is c1sc(-c2sc(-c3sc(-c4sc(-c5sc(-c6scc7c6CCC7)c6c5CCC6)c5c4CCC5)c4c3CCC4)c3c2CCC3)c2c1CCC2. The first-order valence-corrected chi connectivity index (χ1v) is 23.6. The van der Waals surface area contributed by atoms with E-state index in [0.717, 1.165) is 0 Å². The van der Waals surface area contributed by atoms with Gasteiger partial charge in [0.2, 0.25) is 0 Å². The van der Waals surface area contributed by atoms with Gasteiger partial charge in [-0.1, -0.05) is 0 Å². The van der Waals surface area contributed by atoms with E-state index in [1.807, 2.05) is 0 Å². The fourth-order valence-electron chi connectivity index (χ4n) is 10.4. The summed E-state index contributed by atoms with van der Waals surface area (Å²) in [5.41, 5.74) is 20.6. The summed E-state index contributed by atoms with van der Waals surface area (Å²) in [6.45, 7) is 0. The standard InChI is InChI=1S/C42H38S6/c1-7-21-19-43-33(23(21)9-1)35-25-11-3-13-27(25)37(45-35)39-29-15-5-17-31(29)41(47-39)42-32-18-6-16-30(32)40(48-42)38-28-14-4-12-26(28)36(46-38)34-24-10-2-8-22(24)20-44-34/h19-20H,1-18H2. The Morgan fingerprint density at radius 1 is 0.250 bits per heavy atom. The lowest BCUT2D eigenvalue weighted by Gasteiger charge is -2.02. The second kappa shape index (κ2) is 10.9. The lowest BCUT2D eigenvalue weighted by atomic mass is 10.0.